The second-order valence-electron chi connectivity index (χ2n) is 3.91. The van der Waals surface area contributed by atoms with Crippen LogP contribution in [-0.2, 0) is 4.79 Å². The minimum atomic E-state index is -0.256. The number of nitrogens with zero attached hydrogens (tertiary/aromatic N) is 1. The molecule has 0 fully saturated rings. The van der Waals surface area contributed by atoms with Crippen LogP contribution in [0.3, 0.4) is 0 Å². The summed E-state index contributed by atoms with van der Waals surface area (Å²) in [7, 11) is 1.57. The van der Waals surface area contributed by atoms with Crippen molar-refractivity contribution in [3.63, 3.8) is 0 Å². The molecule has 0 saturated heterocycles. The summed E-state index contributed by atoms with van der Waals surface area (Å²) in [6.07, 6.45) is 2.03. The number of carbonyl (C=O) groups excluding carboxylic acids is 1. The average molecular weight is 257 g/mol. The third kappa shape index (κ3) is 3.10. The highest BCUT2D eigenvalue weighted by atomic mass is 16.5. The van der Waals surface area contributed by atoms with E-state index in [0.717, 1.165) is 11.1 Å². The molecule has 2 aromatic rings. The zero-order valence-electron chi connectivity index (χ0n) is 10.9. The van der Waals surface area contributed by atoms with Gasteiger partial charge in [0.15, 0.2) is 0 Å². The summed E-state index contributed by atoms with van der Waals surface area (Å²) < 4.78 is 10.3. The van der Waals surface area contributed by atoms with E-state index in [0.29, 0.717) is 18.1 Å². The first-order valence-electron chi connectivity index (χ1n) is 6.04. The Morgan fingerprint density at radius 2 is 2.00 bits per heavy atom. The molecule has 0 bridgehead atoms. The lowest BCUT2D eigenvalue weighted by molar-refractivity contribution is -0.133. The van der Waals surface area contributed by atoms with E-state index in [-0.39, 0.29) is 5.97 Å². The number of methoxy groups -OCH3 is 1. The average Bonchev–Trinajstić information content (AvgIpc) is 2.48. The molecule has 1 aromatic heterocycles. The SMILES string of the molecule is CCC(=O)Oc1ccccc1-c1ccc(OC)nc1. The van der Waals surface area contributed by atoms with E-state index in [2.05, 4.69) is 4.98 Å². The third-order valence-corrected chi connectivity index (χ3v) is 2.66. The van der Waals surface area contributed by atoms with E-state index >= 15 is 0 Å². The standard InChI is InChI=1S/C15H15NO3/c1-3-15(17)19-13-7-5-4-6-12(13)11-8-9-14(18-2)16-10-11/h4-10H,3H2,1-2H3. The lowest BCUT2D eigenvalue weighted by Gasteiger charge is -2.09. The van der Waals surface area contributed by atoms with Gasteiger partial charge in [-0.25, -0.2) is 4.98 Å². The minimum absolute atomic E-state index is 0.256. The number of rotatable bonds is 4. The summed E-state index contributed by atoms with van der Waals surface area (Å²) >= 11 is 0. The van der Waals surface area contributed by atoms with Gasteiger partial charge in [-0.1, -0.05) is 25.1 Å². The number of ether oxygens (including phenoxy) is 2. The number of hydrogen-bond acceptors (Lipinski definition) is 4. The van der Waals surface area contributed by atoms with Crippen LogP contribution in [0.15, 0.2) is 42.6 Å². The monoisotopic (exact) mass is 257 g/mol. The van der Waals surface area contributed by atoms with E-state index in [1.165, 1.54) is 0 Å². The van der Waals surface area contributed by atoms with Gasteiger partial charge in [0.2, 0.25) is 5.88 Å². The summed E-state index contributed by atoms with van der Waals surface area (Å²) in [6.45, 7) is 1.76. The molecule has 19 heavy (non-hydrogen) atoms. The normalized spacial score (nSPS) is 10.0. The van der Waals surface area contributed by atoms with Gasteiger partial charge in [0, 0.05) is 29.8 Å². The molecule has 4 nitrogen and oxygen atoms in total. The van der Waals surface area contributed by atoms with Crippen molar-refractivity contribution in [3.8, 4) is 22.8 Å². The van der Waals surface area contributed by atoms with Gasteiger partial charge in [-0.3, -0.25) is 4.79 Å². The maximum Gasteiger partial charge on any atom is 0.310 e. The van der Waals surface area contributed by atoms with Crippen LogP contribution in [0.4, 0.5) is 0 Å². The van der Waals surface area contributed by atoms with Gasteiger partial charge < -0.3 is 9.47 Å². The highest BCUT2D eigenvalue weighted by Crippen LogP contribution is 2.30. The van der Waals surface area contributed by atoms with E-state index in [1.807, 2.05) is 24.3 Å². The van der Waals surface area contributed by atoms with Crippen LogP contribution >= 0.6 is 0 Å². The first kappa shape index (κ1) is 13.1. The van der Waals surface area contributed by atoms with Crippen LogP contribution in [0.5, 0.6) is 11.6 Å². The van der Waals surface area contributed by atoms with Gasteiger partial charge in [-0.05, 0) is 12.1 Å². The predicted molar refractivity (Wildman–Crippen MR) is 72.2 cm³/mol. The Balaban J connectivity index is 2.35. The molecule has 0 amide bonds. The quantitative estimate of drug-likeness (QED) is 0.624. The molecule has 0 N–H and O–H groups in total. The molecule has 0 aliphatic carbocycles. The third-order valence-electron chi connectivity index (χ3n) is 2.66. The van der Waals surface area contributed by atoms with E-state index < -0.39 is 0 Å². The summed E-state index contributed by atoms with van der Waals surface area (Å²) in [5, 5.41) is 0. The van der Waals surface area contributed by atoms with Gasteiger partial charge in [0.05, 0.1) is 7.11 Å². The van der Waals surface area contributed by atoms with Gasteiger partial charge in [-0.2, -0.15) is 0 Å². The van der Waals surface area contributed by atoms with Crippen LogP contribution in [0.1, 0.15) is 13.3 Å². The number of hydrogen-bond donors (Lipinski definition) is 0. The second-order valence-corrected chi connectivity index (χ2v) is 3.91. The summed E-state index contributed by atoms with van der Waals surface area (Å²) in [4.78, 5) is 15.6. The fraction of sp³-hybridized carbons (Fsp3) is 0.200. The smallest absolute Gasteiger partial charge is 0.310 e. The Hall–Kier alpha value is -2.36. The Morgan fingerprint density at radius 3 is 2.63 bits per heavy atom. The maximum absolute atomic E-state index is 11.4. The number of esters is 1. The predicted octanol–water partition coefficient (Wildman–Crippen LogP) is 3.07. The van der Waals surface area contributed by atoms with Crippen LogP contribution in [0.25, 0.3) is 11.1 Å². The van der Waals surface area contributed by atoms with Crippen molar-refractivity contribution in [1.82, 2.24) is 4.98 Å². The first-order valence-corrected chi connectivity index (χ1v) is 6.04. The zero-order valence-corrected chi connectivity index (χ0v) is 10.9. The highest BCUT2D eigenvalue weighted by molar-refractivity contribution is 5.77. The van der Waals surface area contributed by atoms with Crippen molar-refractivity contribution in [2.45, 2.75) is 13.3 Å². The maximum atomic E-state index is 11.4. The summed E-state index contributed by atoms with van der Waals surface area (Å²) in [5.74, 6) is 0.835. The molecule has 1 heterocycles. The molecule has 0 aliphatic heterocycles. The molecule has 0 aliphatic rings. The van der Waals surface area contributed by atoms with Crippen molar-refractivity contribution in [1.29, 1.82) is 0 Å². The summed E-state index contributed by atoms with van der Waals surface area (Å²) in [6, 6.07) is 11.0. The van der Waals surface area contributed by atoms with Gasteiger partial charge in [0.25, 0.3) is 0 Å². The molecule has 0 spiro atoms. The minimum Gasteiger partial charge on any atom is -0.481 e. The van der Waals surface area contributed by atoms with Gasteiger partial charge >= 0.3 is 5.97 Å². The number of aromatic nitrogens is 1. The van der Waals surface area contributed by atoms with Crippen molar-refractivity contribution in [3.05, 3.63) is 42.6 Å². The van der Waals surface area contributed by atoms with Crippen LogP contribution < -0.4 is 9.47 Å². The van der Waals surface area contributed by atoms with Crippen molar-refractivity contribution < 1.29 is 14.3 Å². The van der Waals surface area contributed by atoms with Gasteiger partial charge in [0.1, 0.15) is 5.75 Å². The van der Waals surface area contributed by atoms with E-state index in [1.54, 1.807) is 32.4 Å². The topological polar surface area (TPSA) is 48.4 Å². The Kier molecular flexibility index (Phi) is 4.13. The number of para-hydroxylation sites is 1. The van der Waals surface area contributed by atoms with Crippen molar-refractivity contribution >= 4 is 5.97 Å². The molecule has 1 aromatic carbocycles. The number of carbonyl (C=O) groups is 1. The molecular formula is C15H15NO3. The fourth-order valence-electron chi connectivity index (χ4n) is 1.65. The van der Waals surface area contributed by atoms with Crippen LogP contribution in [-0.4, -0.2) is 18.1 Å². The van der Waals surface area contributed by atoms with E-state index in [9.17, 15) is 4.79 Å². The van der Waals surface area contributed by atoms with Crippen LogP contribution in [0.2, 0.25) is 0 Å². The molecule has 0 radical (unpaired) electrons. The number of benzene rings is 1. The molecule has 0 unspecified atom stereocenters. The lowest BCUT2D eigenvalue weighted by atomic mass is 10.1. The zero-order chi connectivity index (χ0) is 13.7. The summed E-state index contributed by atoms with van der Waals surface area (Å²) in [5.41, 5.74) is 1.71. The van der Waals surface area contributed by atoms with Gasteiger partial charge in [-0.15, -0.1) is 0 Å². The molecule has 0 atom stereocenters. The van der Waals surface area contributed by atoms with Crippen LogP contribution in [0, 0.1) is 0 Å². The Labute approximate surface area is 112 Å². The van der Waals surface area contributed by atoms with Crippen molar-refractivity contribution in [2.75, 3.05) is 7.11 Å². The first-order chi connectivity index (χ1) is 9.24. The Morgan fingerprint density at radius 1 is 1.21 bits per heavy atom. The fourth-order valence-corrected chi connectivity index (χ4v) is 1.65. The largest absolute Gasteiger partial charge is 0.481 e. The molecule has 98 valence electrons. The molecule has 4 heteroatoms. The van der Waals surface area contributed by atoms with Crippen molar-refractivity contribution in [2.24, 2.45) is 0 Å². The molecule has 2 rings (SSSR count). The Bertz CT molecular complexity index is 564. The second kappa shape index (κ2) is 6.00. The lowest BCUT2D eigenvalue weighted by Crippen LogP contribution is -2.06. The van der Waals surface area contributed by atoms with E-state index in [4.69, 9.17) is 9.47 Å². The number of pyridine rings is 1. The highest BCUT2D eigenvalue weighted by Gasteiger charge is 2.09. The molecular weight excluding hydrogens is 242 g/mol. The molecule has 0 saturated carbocycles.